The van der Waals surface area contributed by atoms with E-state index in [1.165, 1.54) is 19.3 Å². The van der Waals surface area contributed by atoms with Crippen molar-refractivity contribution < 1.29 is 27.4 Å². The molecule has 2 aliphatic rings. The summed E-state index contributed by atoms with van der Waals surface area (Å²) in [5.41, 5.74) is 3.05. The van der Waals surface area contributed by atoms with Gasteiger partial charge >= 0.3 is 12.1 Å². The molecule has 0 saturated carbocycles. The molecule has 3 heterocycles. The van der Waals surface area contributed by atoms with Crippen LogP contribution in [0.2, 0.25) is 0 Å². The average Bonchev–Trinajstić information content (AvgIpc) is 2.94. The molecule has 10 heteroatoms. The second-order valence-electron chi connectivity index (χ2n) is 10.2. The van der Waals surface area contributed by atoms with Crippen molar-refractivity contribution in [1.29, 1.82) is 0 Å². The molecular weight excluding hydrogens is 539 g/mol. The van der Waals surface area contributed by atoms with Gasteiger partial charge in [0.15, 0.2) is 6.23 Å². The minimum atomic E-state index is -5.10. The standard InChI is InChI=1S/C30H32F3N3O3S/c1-35-19-25(20-9-11-23(40-2)12-10-20)27-24(28(35)39-29(37)30(31,32)33)7-6-8-26(27)38-22-13-14-34-21(17-22)18-36-15-4-3-5-16-36/h6-14,17,25,28H,3-5,15-16,18-19H2,1-2H3. The number of benzene rings is 2. The van der Waals surface area contributed by atoms with Gasteiger partial charge in [-0.05, 0) is 69.1 Å². The first-order chi connectivity index (χ1) is 19.2. The van der Waals surface area contributed by atoms with Crippen molar-refractivity contribution in [2.24, 2.45) is 0 Å². The number of piperidine rings is 1. The molecule has 1 saturated heterocycles. The minimum absolute atomic E-state index is 0.220. The highest BCUT2D eigenvalue weighted by Crippen LogP contribution is 2.45. The van der Waals surface area contributed by atoms with Crippen LogP contribution >= 0.6 is 11.8 Å². The fourth-order valence-electron chi connectivity index (χ4n) is 5.46. The molecular formula is C30H32F3N3O3S. The summed E-state index contributed by atoms with van der Waals surface area (Å²) >= 11 is 1.63. The summed E-state index contributed by atoms with van der Waals surface area (Å²) < 4.78 is 50.9. The Morgan fingerprint density at radius 1 is 1.07 bits per heavy atom. The highest BCUT2D eigenvalue weighted by Gasteiger charge is 2.45. The monoisotopic (exact) mass is 571 g/mol. The lowest BCUT2D eigenvalue weighted by molar-refractivity contribution is -0.213. The van der Waals surface area contributed by atoms with Gasteiger partial charge in [0.2, 0.25) is 0 Å². The van der Waals surface area contributed by atoms with Gasteiger partial charge in [-0.1, -0.05) is 30.7 Å². The number of halogens is 3. The van der Waals surface area contributed by atoms with Gasteiger partial charge in [0.1, 0.15) is 11.5 Å². The lowest BCUT2D eigenvalue weighted by atomic mass is 9.83. The molecule has 0 amide bonds. The van der Waals surface area contributed by atoms with Crippen molar-refractivity contribution >= 4 is 17.7 Å². The topological polar surface area (TPSA) is 54.9 Å². The number of alkyl halides is 3. The number of ether oxygens (including phenoxy) is 2. The largest absolute Gasteiger partial charge is 0.490 e. The fraction of sp³-hybridized carbons (Fsp3) is 0.400. The van der Waals surface area contributed by atoms with E-state index < -0.39 is 18.4 Å². The predicted octanol–water partition coefficient (Wildman–Crippen LogP) is 6.76. The number of fused-ring (bicyclic) bond motifs is 1. The molecule has 6 nitrogen and oxygen atoms in total. The summed E-state index contributed by atoms with van der Waals surface area (Å²) in [4.78, 5) is 21.5. The number of pyridine rings is 1. The maximum absolute atomic E-state index is 13.2. The molecule has 2 atom stereocenters. The third-order valence-corrected chi connectivity index (χ3v) is 8.15. The second-order valence-corrected chi connectivity index (χ2v) is 11.1. The summed E-state index contributed by atoms with van der Waals surface area (Å²) in [6.07, 6.45) is 1.02. The number of carbonyl (C=O) groups excluding carboxylic acids is 1. The molecule has 5 rings (SSSR count). The molecule has 2 unspecified atom stereocenters. The molecule has 0 spiro atoms. The lowest BCUT2D eigenvalue weighted by Gasteiger charge is -2.39. The zero-order valence-corrected chi connectivity index (χ0v) is 23.3. The minimum Gasteiger partial charge on any atom is -0.457 e. The maximum atomic E-state index is 13.2. The van der Waals surface area contributed by atoms with Crippen LogP contribution in [-0.4, -0.2) is 59.9 Å². The number of carbonyl (C=O) groups is 1. The highest BCUT2D eigenvalue weighted by atomic mass is 32.2. The van der Waals surface area contributed by atoms with Crippen molar-refractivity contribution in [3.8, 4) is 11.5 Å². The summed E-state index contributed by atoms with van der Waals surface area (Å²) in [5.74, 6) is -1.34. The number of rotatable bonds is 7. The van der Waals surface area contributed by atoms with Crippen LogP contribution in [0, 0.1) is 0 Å². The van der Waals surface area contributed by atoms with E-state index in [9.17, 15) is 18.0 Å². The number of thioether (sulfide) groups is 1. The molecule has 2 aliphatic heterocycles. The smallest absolute Gasteiger partial charge is 0.457 e. The number of likely N-dealkylation sites (tertiary alicyclic amines) is 1. The van der Waals surface area contributed by atoms with E-state index in [0.29, 0.717) is 29.2 Å². The van der Waals surface area contributed by atoms with Crippen LogP contribution in [0.1, 0.15) is 53.8 Å². The van der Waals surface area contributed by atoms with Gasteiger partial charge in [0.05, 0.1) is 5.69 Å². The maximum Gasteiger partial charge on any atom is 0.490 e. The number of likely N-dealkylation sites (N-methyl/N-ethyl adjacent to an activating group) is 1. The molecule has 40 heavy (non-hydrogen) atoms. The zero-order valence-electron chi connectivity index (χ0n) is 22.5. The number of hydrogen-bond acceptors (Lipinski definition) is 7. The summed E-state index contributed by atoms with van der Waals surface area (Å²) in [6, 6.07) is 17.0. The Morgan fingerprint density at radius 3 is 2.52 bits per heavy atom. The van der Waals surface area contributed by atoms with Crippen LogP contribution in [0.4, 0.5) is 13.2 Å². The lowest BCUT2D eigenvalue weighted by Crippen LogP contribution is -2.40. The van der Waals surface area contributed by atoms with E-state index >= 15 is 0 Å². The van der Waals surface area contributed by atoms with E-state index in [1.807, 2.05) is 36.6 Å². The van der Waals surface area contributed by atoms with Gasteiger partial charge in [-0.25, -0.2) is 4.79 Å². The summed E-state index contributed by atoms with van der Waals surface area (Å²) in [7, 11) is 1.66. The molecule has 212 valence electrons. The van der Waals surface area contributed by atoms with Gasteiger partial charge in [-0.3, -0.25) is 14.8 Å². The SMILES string of the molecule is CSc1ccc(C2CN(C)C(OC(=O)C(F)(F)F)c3cccc(Oc4ccnc(CN5CCCCC5)c4)c32)cc1. The Morgan fingerprint density at radius 2 is 1.82 bits per heavy atom. The fourth-order valence-corrected chi connectivity index (χ4v) is 5.87. The first kappa shape index (κ1) is 28.4. The third kappa shape index (κ3) is 6.45. The van der Waals surface area contributed by atoms with E-state index in [1.54, 1.807) is 54.2 Å². The van der Waals surface area contributed by atoms with E-state index in [2.05, 4.69) is 9.88 Å². The molecule has 0 N–H and O–H groups in total. The van der Waals surface area contributed by atoms with Gasteiger partial charge in [0, 0.05) is 47.3 Å². The first-order valence-electron chi connectivity index (χ1n) is 13.3. The van der Waals surface area contributed by atoms with E-state index in [0.717, 1.165) is 35.8 Å². The Balaban J connectivity index is 1.51. The molecule has 2 aromatic carbocycles. The number of esters is 1. The Hall–Kier alpha value is -3.08. The molecule has 0 bridgehead atoms. The molecule has 3 aromatic rings. The number of nitrogens with zero attached hydrogens (tertiary/aromatic N) is 3. The van der Waals surface area contributed by atoms with Crippen molar-refractivity contribution in [2.75, 3.05) is 32.9 Å². The summed E-state index contributed by atoms with van der Waals surface area (Å²) in [5, 5.41) is 0. The van der Waals surface area contributed by atoms with E-state index in [-0.39, 0.29) is 5.92 Å². The van der Waals surface area contributed by atoms with E-state index in [4.69, 9.17) is 9.47 Å². The zero-order chi connectivity index (χ0) is 28.3. The molecule has 0 aliphatic carbocycles. The van der Waals surface area contributed by atoms with Crippen molar-refractivity contribution in [2.45, 2.75) is 49.0 Å². The van der Waals surface area contributed by atoms with Gasteiger partial charge in [-0.15, -0.1) is 11.8 Å². The van der Waals surface area contributed by atoms with Crippen molar-refractivity contribution in [3.05, 3.63) is 83.2 Å². The molecule has 1 fully saturated rings. The average molecular weight is 572 g/mol. The second kappa shape index (κ2) is 12.2. The number of hydrogen-bond donors (Lipinski definition) is 0. The predicted molar refractivity (Wildman–Crippen MR) is 147 cm³/mol. The van der Waals surface area contributed by atoms with Crippen LogP contribution in [0.25, 0.3) is 0 Å². The Bertz CT molecular complexity index is 1330. The van der Waals surface area contributed by atoms with Crippen molar-refractivity contribution in [3.63, 3.8) is 0 Å². The van der Waals surface area contributed by atoms with Crippen molar-refractivity contribution in [1.82, 2.24) is 14.8 Å². The molecule has 0 radical (unpaired) electrons. The Labute approximate surface area is 236 Å². The van der Waals surface area contributed by atoms with Crippen LogP contribution in [0.15, 0.2) is 65.7 Å². The number of aromatic nitrogens is 1. The van der Waals surface area contributed by atoms with Crippen LogP contribution in [0.3, 0.4) is 0 Å². The Kier molecular flexibility index (Phi) is 8.68. The van der Waals surface area contributed by atoms with Gasteiger partial charge in [-0.2, -0.15) is 13.2 Å². The van der Waals surface area contributed by atoms with Crippen LogP contribution in [-0.2, 0) is 16.1 Å². The summed E-state index contributed by atoms with van der Waals surface area (Å²) in [6.45, 7) is 3.15. The first-order valence-corrected chi connectivity index (χ1v) is 14.6. The quantitative estimate of drug-likeness (QED) is 0.229. The highest BCUT2D eigenvalue weighted by molar-refractivity contribution is 7.98. The van der Waals surface area contributed by atoms with Gasteiger partial charge in [0.25, 0.3) is 0 Å². The third-order valence-electron chi connectivity index (χ3n) is 7.40. The van der Waals surface area contributed by atoms with Crippen LogP contribution < -0.4 is 4.74 Å². The normalized spacial score (nSPS) is 20.1. The van der Waals surface area contributed by atoms with Gasteiger partial charge < -0.3 is 9.47 Å². The molecule has 1 aromatic heterocycles. The van der Waals surface area contributed by atoms with Crippen LogP contribution in [0.5, 0.6) is 11.5 Å².